The quantitative estimate of drug-likeness (QED) is 0.0218. The predicted octanol–water partition coefficient (Wildman–Crippen LogP) is 9.09. The Balaban J connectivity index is 0.000000205. The number of hydrogen-bond donors (Lipinski definition) is 6. The van der Waals surface area contributed by atoms with E-state index in [1.54, 1.807) is 66.7 Å². The Morgan fingerprint density at radius 1 is 0.565 bits per heavy atom. The Morgan fingerprint density at radius 2 is 0.957 bits per heavy atom. The standard InChI is InChI=1S/C30H32ClN3O8S.C17H20BrNO4S.C12H8BrClO2S.C5H13NO2/c1-34(10-12-39-13-11-35)43(37,38)21-8-6-19(7-9-21)18-2-4-20(5-3-18)22-14-24-25(15-23(22)31)33-30(32-24)42-27-17-41-28-26(36)16-40-29(27)28;1-19(10-12-23-13-11-20)24(21,22)17-8-4-15(5-9-17)14-2-6-16(18)7-3-14;13-11-5-1-9(2-6-11)10-3-7-12(8-4-10)17(14,15)16;1-6-2-4-8-5-3-7/h2-9,14-15,26-29,35-36H,10-13,16-17H2,1H3,(H,32,33);2-9,20H,10-13H2,1H3;1-8H;6-7H,2-5H2,1H3/t26-,27-,28-,29-;;;/m1.../s1. The van der Waals surface area contributed by atoms with Crippen LogP contribution in [-0.4, -0.2) is 202 Å². The van der Waals surface area contributed by atoms with E-state index in [-0.39, 0.29) is 98.9 Å². The summed E-state index contributed by atoms with van der Waals surface area (Å²) < 4.78 is 110. The van der Waals surface area contributed by atoms with E-state index in [1.165, 1.54) is 34.8 Å². The Hall–Kier alpha value is -5.28. The van der Waals surface area contributed by atoms with Crippen molar-refractivity contribution in [3.63, 3.8) is 0 Å². The van der Waals surface area contributed by atoms with Gasteiger partial charge in [-0.1, -0.05) is 128 Å². The lowest BCUT2D eigenvalue weighted by Gasteiger charge is -2.17. The van der Waals surface area contributed by atoms with Gasteiger partial charge in [0.1, 0.15) is 18.3 Å². The van der Waals surface area contributed by atoms with Crippen LogP contribution in [0, 0.1) is 0 Å². The highest BCUT2D eigenvalue weighted by molar-refractivity contribution is 9.10. The molecule has 8 aromatic rings. The summed E-state index contributed by atoms with van der Waals surface area (Å²) in [6.45, 7) is 3.66. The summed E-state index contributed by atoms with van der Waals surface area (Å²) in [6, 6.07) is 47.4. The first-order valence-electron chi connectivity index (χ1n) is 28.9. The largest absolute Gasteiger partial charge is 0.456 e. The lowest BCUT2D eigenvalue weighted by molar-refractivity contribution is 0.00706. The second kappa shape index (κ2) is 36.0. The summed E-state index contributed by atoms with van der Waals surface area (Å²) in [4.78, 5) is 8.28. The van der Waals surface area contributed by atoms with Crippen LogP contribution >= 0.6 is 54.1 Å². The van der Waals surface area contributed by atoms with Gasteiger partial charge in [-0.3, -0.25) is 0 Å². The monoisotopic (exact) mass is 1490 g/mol. The number of H-pyrrole nitrogens is 1. The van der Waals surface area contributed by atoms with Gasteiger partial charge in [0, 0.05) is 58.9 Å². The molecule has 92 heavy (non-hydrogen) atoms. The zero-order valence-electron chi connectivity index (χ0n) is 50.5. The van der Waals surface area contributed by atoms with Crippen molar-refractivity contribution < 1.29 is 74.1 Å². The molecule has 28 heteroatoms. The normalized spacial score (nSPS) is 16.3. The highest BCUT2D eigenvalue weighted by atomic mass is 79.9. The molecule has 1 aromatic heterocycles. The van der Waals surface area contributed by atoms with E-state index in [0.29, 0.717) is 36.4 Å². The van der Waals surface area contributed by atoms with Gasteiger partial charge in [-0.2, -0.15) is 13.6 Å². The summed E-state index contributed by atoms with van der Waals surface area (Å²) in [5.41, 5.74) is 8.83. The molecule has 0 saturated carbocycles. The number of hydrogen-bond acceptors (Lipinski definition) is 18. The molecule has 2 saturated heterocycles. The molecule has 496 valence electrons. The molecule has 0 spiro atoms. The number of likely N-dealkylation sites (N-methyl/N-ethyl adjacent to an activating group) is 3. The second-order valence-electron chi connectivity index (χ2n) is 20.6. The summed E-state index contributed by atoms with van der Waals surface area (Å²) in [7, 11) is -0.737. The number of aromatic nitrogens is 2. The van der Waals surface area contributed by atoms with E-state index in [2.05, 4.69) is 47.1 Å². The molecule has 0 unspecified atom stereocenters. The van der Waals surface area contributed by atoms with Crippen LogP contribution in [0.25, 0.3) is 55.5 Å². The van der Waals surface area contributed by atoms with Crippen LogP contribution in [0.4, 0.5) is 0 Å². The number of fused-ring (bicyclic) bond motifs is 2. The molecule has 10 rings (SSSR count). The van der Waals surface area contributed by atoms with Gasteiger partial charge in [0.25, 0.3) is 15.1 Å². The van der Waals surface area contributed by atoms with E-state index in [4.69, 9.17) is 66.0 Å². The fraction of sp³-hybridized carbons (Fsp3) is 0.328. The van der Waals surface area contributed by atoms with Crippen molar-refractivity contribution in [2.45, 2.75) is 39.1 Å². The summed E-state index contributed by atoms with van der Waals surface area (Å²) in [5.74, 6) is 0. The van der Waals surface area contributed by atoms with Gasteiger partial charge in [-0.25, -0.2) is 25.3 Å². The Kier molecular flexibility index (Phi) is 29.0. The van der Waals surface area contributed by atoms with Gasteiger partial charge in [-0.05, 0) is 119 Å². The molecule has 0 aliphatic carbocycles. The predicted molar refractivity (Wildman–Crippen MR) is 361 cm³/mol. The van der Waals surface area contributed by atoms with E-state index in [0.717, 1.165) is 65.5 Å². The number of aromatic amines is 1. The van der Waals surface area contributed by atoms with Crippen molar-refractivity contribution in [2.24, 2.45) is 0 Å². The summed E-state index contributed by atoms with van der Waals surface area (Å²) in [5, 5.41) is 39.1. The summed E-state index contributed by atoms with van der Waals surface area (Å²) in [6.07, 6.45) is -1.76. The van der Waals surface area contributed by atoms with Crippen molar-refractivity contribution in [3.05, 3.63) is 172 Å². The van der Waals surface area contributed by atoms with Crippen LogP contribution in [0.1, 0.15) is 0 Å². The first-order chi connectivity index (χ1) is 44.1. The van der Waals surface area contributed by atoms with Gasteiger partial charge in [-0.15, -0.1) is 0 Å². The molecule has 3 heterocycles. The second-order valence-corrected chi connectivity index (χ2v) is 29.5. The lowest BCUT2D eigenvalue weighted by Crippen LogP contribution is -2.34. The molecule has 7 aromatic carbocycles. The first kappa shape index (κ1) is 74.1. The molecule has 21 nitrogen and oxygen atoms in total. The molecule has 0 amide bonds. The third-order valence-electron chi connectivity index (χ3n) is 14.2. The third kappa shape index (κ3) is 21.1. The Morgan fingerprint density at radius 3 is 1.38 bits per heavy atom. The first-order valence-corrected chi connectivity index (χ1v) is 36.0. The number of sulfonamides is 2. The van der Waals surface area contributed by atoms with Crippen molar-refractivity contribution in [3.8, 4) is 50.5 Å². The molecule has 0 radical (unpaired) electrons. The zero-order valence-corrected chi connectivity index (χ0v) is 57.6. The van der Waals surface area contributed by atoms with E-state index in [1.807, 2.05) is 85.9 Å². The molecule has 6 N–H and O–H groups in total. The maximum Gasteiger partial charge on any atom is 0.295 e. The average molecular weight is 1500 g/mol. The van der Waals surface area contributed by atoms with E-state index >= 15 is 0 Å². The number of nitrogens with one attached hydrogen (secondary N) is 2. The zero-order chi connectivity index (χ0) is 66.4. The van der Waals surface area contributed by atoms with Crippen LogP contribution in [0.5, 0.6) is 6.01 Å². The number of ether oxygens (including phenoxy) is 6. The maximum absolute atomic E-state index is 12.9. The van der Waals surface area contributed by atoms with Crippen LogP contribution in [0.3, 0.4) is 0 Å². The SMILES string of the molecule is CN(CCOCCO)S(=O)(=O)c1ccc(-c2ccc(-c3cc4nc(O[C@@H]5CO[C@H]6[C@@H]5OC[C@H]6O)[nH]c4cc3Cl)cc2)cc1.CN(CCOCCO)S(=O)(=O)c1ccc(-c2ccc(Br)cc2)cc1.CNCCOCCO.O=S(=O)(Cl)c1ccc(-c2ccc(Br)cc2)cc1. The smallest absolute Gasteiger partial charge is 0.295 e. The van der Waals surface area contributed by atoms with Crippen molar-refractivity contribution >= 4 is 94.3 Å². The average Bonchev–Trinajstić information content (AvgIpc) is 1.63. The number of halogens is 4. The van der Waals surface area contributed by atoms with Gasteiger partial charge in [0.2, 0.25) is 20.0 Å². The van der Waals surface area contributed by atoms with Crippen molar-refractivity contribution in [1.29, 1.82) is 0 Å². The van der Waals surface area contributed by atoms with Crippen molar-refractivity contribution in [2.75, 3.05) is 113 Å². The Labute approximate surface area is 562 Å². The van der Waals surface area contributed by atoms with Crippen LogP contribution in [0.15, 0.2) is 181 Å². The fourth-order valence-electron chi connectivity index (χ4n) is 9.21. The molecule has 2 fully saturated rings. The molecule has 0 bridgehead atoms. The number of benzene rings is 7. The molecular weight excluding hydrogens is 1420 g/mol. The number of aliphatic hydroxyl groups is 4. The lowest BCUT2D eigenvalue weighted by atomic mass is 10.00. The highest BCUT2D eigenvalue weighted by Gasteiger charge is 2.48. The topological polar surface area (TPSA) is 286 Å². The number of aliphatic hydroxyl groups excluding tert-OH is 4. The minimum absolute atomic E-state index is 0.0754. The van der Waals surface area contributed by atoms with Crippen molar-refractivity contribution in [1.82, 2.24) is 23.9 Å². The van der Waals surface area contributed by atoms with Gasteiger partial charge >= 0.3 is 0 Å². The van der Waals surface area contributed by atoms with Crippen LogP contribution in [0.2, 0.25) is 5.02 Å². The fourth-order valence-corrected chi connectivity index (χ4v) is 13.1. The third-order valence-corrected chi connectivity index (χ3v) is 20.7. The molecule has 2 aliphatic heterocycles. The molecule has 2 aliphatic rings. The minimum Gasteiger partial charge on any atom is -0.456 e. The molecular formula is C64H73Br2Cl2N5O16S3. The van der Waals surface area contributed by atoms with E-state index in [9.17, 15) is 30.4 Å². The molecule has 4 atom stereocenters. The maximum atomic E-state index is 12.9. The number of rotatable bonds is 26. The van der Waals surface area contributed by atoms with Gasteiger partial charge in [0.05, 0.1) is 103 Å². The van der Waals surface area contributed by atoms with Crippen LogP contribution < -0.4 is 10.1 Å². The van der Waals surface area contributed by atoms with Gasteiger partial charge < -0.3 is 59.1 Å². The highest BCUT2D eigenvalue weighted by Crippen LogP contribution is 2.36. The van der Waals surface area contributed by atoms with E-state index < -0.39 is 35.2 Å². The van der Waals surface area contributed by atoms with Crippen LogP contribution in [-0.2, 0) is 52.8 Å². The minimum atomic E-state index is -3.67. The number of nitrogens with zero attached hydrogens (tertiary/aromatic N) is 3. The Bertz CT molecular complexity index is 3920. The number of imidazole rings is 1. The summed E-state index contributed by atoms with van der Waals surface area (Å²) >= 11 is 13.4. The van der Waals surface area contributed by atoms with Gasteiger partial charge in [0.15, 0.2) is 6.10 Å².